The predicted octanol–water partition coefficient (Wildman–Crippen LogP) is 2.48. The minimum atomic E-state index is -0.507. The summed E-state index contributed by atoms with van der Waals surface area (Å²) < 4.78 is 15.5. The fourth-order valence-electron chi connectivity index (χ4n) is 1.97. The zero-order valence-electron chi connectivity index (χ0n) is 13.4. The van der Waals surface area contributed by atoms with Crippen molar-refractivity contribution in [2.24, 2.45) is 0 Å². The van der Waals surface area contributed by atoms with Crippen LogP contribution in [0.2, 0.25) is 5.15 Å². The summed E-state index contributed by atoms with van der Waals surface area (Å²) in [5, 5.41) is 5.32. The molecule has 0 aliphatic carbocycles. The second-order valence-electron chi connectivity index (χ2n) is 4.51. The van der Waals surface area contributed by atoms with Crippen molar-refractivity contribution in [2.75, 3.05) is 26.6 Å². The lowest BCUT2D eigenvalue weighted by atomic mass is 10.1. The van der Waals surface area contributed by atoms with Crippen molar-refractivity contribution in [1.82, 2.24) is 15.3 Å². The Bertz CT molecular complexity index is 704. The third-order valence-corrected chi connectivity index (χ3v) is 3.26. The maximum atomic E-state index is 12.0. The number of rotatable bonds is 6. The van der Waals surface area contributed by atoms with Gasteiger partial charge in [0.1, 0.15) is 16.7 Å². The molecule has 1 aromatic heterocycles. The monoisotopic (exact) mass is 352 g/mol. The molecular weight excluding hydrogens is 336 g/mol. The van der Waals surface area contributed by atoms with Crippen molar-refractivity contribution in [1.29, 1.82) is 0 Å². The first kappa shape index (κ1) is 17.6. The average molecular weight is 353 g/mol. The molecule has 2 aromatic rings. The topological polar surface area (TPSA) is 94.6 Å². The zero-order chi connectivity index (χ0) is 17.5. The van der Waals surface area contributed by atoms with Crippen molar-refractivity contribution >= 4 is 23.6 Å². The minimum absolute atomic E-state index is 0.0313. The lowest BCUT2D eigenvalue weighted by Crippen LogP contribution is -2.29. The van der Waals surface area contributed by atoms with Gasteiger partial charge in [0, 0.05) is 6.07 Å². The van der Waals surface area contributed by atoms with E-state index in [-0.39, 0.29) is 23.5 Å². The highest BCUT2D eigenvalue weighted by molar-refractivity contribution is 6.29. The molecule has 2 rings (SSSR count). The number of ether oxygens (including phenoxy) is 3. The molecular formula is C15H17ClN4O4. The van der Waals surface area contributed by atoms with Crippen LogP contribution in [0, 0.1) is 0 Å². The van der Waals surface area contributed by atoms with Crippen LogP contribution in [0.3, 0.4) is 0 Å². The normalized spacial score (nSPS) is 10.0. The maximum Gasteiger partial charge on any atom is 0.321 e. The lowest BCUT2D eigenvalue weighted by molar-refractivity contribution is 0.251. The Kier molecular flexibility index (Phi) is 6.02. The summed E-state index contributed by atoms with van der Waals surface area (Å²) in [5.74, 6) is 1.49. The van der Waals surface area contributed by atoms with E-state index < -0.39 is 6.03 Å². The van der Waals surface area contributed by atoms with Crippen LogP contribution in [0.25, 0.3) is 0 Å². The number of halogens is 1. The smallest absolute Gasteiger partial charge is 0.321 e. The van der Waals surface area contributed by atoms with Crippen LogP contribution >= 0.6 is 11.6 Å². The molecule has 0 atom stereocenters. The number of amides is 2. The molecule has 0 aliphatic rings. The van der Waals surface area contributed by atoms with E-state index >= 15 is 0 Å². The highest BCUT2D eigenvalue weighted by Gasteiger charge is 2.12. The number of anilines is 1. The van der Waals surface area contributed by atoms with Gasteiger partial charge < -0.3 is 19.5 Å². The van der Waals surface area contributed by atoms with Crippen LogP contribution < -0.4 is 24.8 Å². The van der Waals surface area contributed by atoms with Gasteiger partial charge in [-0.25, -0.2) is 9.78 Å². The first-order chi connectivity index (χ1) is 11.6. The number of carbonyl (C=O) groups excluding carboxylic acids is 1. The number of hydrogen-bond acceptors (Lipinski definition) is 6. The summed E-state index contributed by atoms with van der Waals surface area (Å²) in [4.78, 5) is 19.9. The Labute approximate surface area is 144 Å². The molecule has 0 aliphatic heterocycles. The molecule has 9 heteroatoms. The minimum Gasteiger partial charge on any atom is -0.496 e. The Balaban J connectivity index is 2.05. The summed E-state index contributed by atoms with van der Waals surface area (Å²) in [5.41, 5.74) is 0.710. The summed E-state index contributed by atoms with van der Waals surface area (Å²) in [6.45, 7) is 0.191. The van der Waals surface area contributed by atoms with Gasteiger partial charge in [-0.2, -0.15) is 4.98 Å². The number of urea groups is 1. The van der Waals surface area contributed by atoms with E-state index in [1.54, 1.807) is 32.4 Å². The Morgan fingerprint density at radius 2 is 1.79 bits per heavy atom. The third kappa shape index (κ3) is 4.39. The van der Waals surface area contributed by atoms with Gasteiger partial charge in [0.25, 0.3) is 0 Å². The summed E-state index contributed by atoms with van der Waals surface area (Å²) in [6.07, 6.45) is 0. The maximum absolute atomic E-state index is 12.0. The van der Waals surface area contributed by atoms with Crippen molar-refractivity contribution in [2.45, 2.75) is 6.54 Å². The van der Waals surface area contributed by atoms with Crippen LogP contribution in [0.1, 0.15) is 5.56 Å². The van der Waals surface area contributed by atoms with Gasteiger partial charge in [-0.1, -0.05) is 17.7 Å². The Morgan fingerprint density at radius 3 is 2.38 bits per heavy atom. The highest BCUT2D eigenvalue weighted by Crippen LogP contribution is 2.27. The number of hydrogen-bond donors (Lipinski definition) is 2. The molecule has 2 N–H and O–H groups in total. The zero-order valence-corrected chi connectivity index (χ0v) is 14.2. The number of carbonyl (C=O) groups is 1. The largest absolute Gasteiger partial charge is 0.496 e. The van der Waals surface area contributed by atoms with E-state index in [0.29, 0.717) is 17.1 Å². The fourth-order valence-corrected chi connectivity index (χ4v) is 2.15. The van der Waals surface area contributed by atoms with Crippen molar-refractivity contribution < 1.29 is 19.0 Å². The van der Waals surface area contributed by atoms with E-state index in [0.717, 1.165) is 0 Å². The number of aromatic nitrogens is 2. The van der Waals surface area contributed by atoms with Crippen LogP contribution in [-0.2, 0) is 6.54 Å². The SMILES string of the molecule is COc1cc(Cl)nc(NC(=O)NCc2c(OC)cccc2OC)n1. The lowest BCUT2D eigenvalue weighted by Gasteiger charge is -2.14. The molecule has 0 radical (unpaired) electrons. The van der Waals surface area contributed by atoms with E-state index in [4.69, 9.17) is 25.8 Å². The van der Waals surface area contributed by atoms with Gasteiger partial charge in [-0.15, -0.1) is 0 Å². The molecule has 0 bridgehead atoms. The quantitative estimate of drug-likeness (QED) is 0.775. The van der Waals surface area contributed by atoms with E-state index in [1.807, 2.05) is 0 Å². The van der Waals surface area contributed by atoms with Crippen LogP contribution in [-0.4, -0.2) is 37.3 Å². The molecule has 0 fully saturated rings. The number of nitrogens with one attached hydrogen (secondary N) is 2. The van der Waals surface area contributed by atoms with E-state index in [9.17, 15) is 4.79 Å². The van der Waals surface area contributed by atoms with Gasteiger partial charge in [-0.3, -0.25) is 5.32 Å². The van der Waals surface area contributed by atoms with E-state index in [2.05, 4.69) is 20.6 Å². The first-order valence-electron chi connectivity index (χ1n) is 6.90. The van der Waals surface area contributed by atoms with Gasteiger partial charge in [0.15, 0.2) is 0 Å². The molecule has 1 aromatic carbocycles. The molecule has 0 unspecified atom stereocenters. The third-order valence-electron chi connectivity index (χ3n) is 3.06. The second-order valence-corrected chi connectivity index (χ2v) is 4.89. The Hall–Kier alpha value is -2.74. The summed E-state index contributed by atoms with van der Waals surface area (Å²) in [7, 11) is 4.53. The van der Waals surface area contributed by atoms with Crippen LogP contribution in [0.5, 0.6) is 17.4 Å². The standard InChI is InChI=1S/C15H17ClN4O4/c1-22-10-5-4-6-11(23-2)9(10)8-17-15(21)20-14-18-12(16)7-13(19-14)24-3/h4-7H,8H2,1-3H3,(H2,17,18,19,20,21). The summed E-state index contributed by atoms with van der Waals surface area (Å²) >= 11 is 5.83. The van der Waals surface area contributed by atoms with Gasteiger partial charge >= 0.3 is 6.03 Å². The highest BCUT2D eigenvalue weighted by atomic mass is 35.5. The van der Waals surface area contributed by atoms with Gasteiger partial charge in [0.05, 0.1) is 33.4 Å². The molecule has 0 spiro atoms. The van der Waals surface area contributed by atoms with Crippen LogP contribution in [0.15, 0.2) is 24.3 Å². The summed E-state index contributed by atoms with van der Waals surface area (Å²) in [6, 6.07) is 6.29. The number of methoxy groups -OCH3 is 3. The fraction of sp³-hybridized carbons (Fsp3) is 0.267. The Morgan fingerprint density at radius 1 is 1.12 bits per heavy atom. The van der Waals surface area contributed by atoms with Crippen molar-refractivity contribution in [3.63, 3.8) is 0 Å². The molecule has 8 nitrogen and oxygen atoms in total. The molecule has 2 amide bonds. The second kappa shape index (κ2) is 8.21. The molecule has 0 saturated heterocycles. The molecule has 128 valence electrons. The van der Waals surface area contributed by atoms with E-state index in [1.165, 1.54) is 13.2 Å². The van der Waals surface area contributed by atoms with Crippen LogP contribution in [0.4, 0.5) is 10.7 Å². The van der Waals surface area contributed by atoms with Crippen molar-refractivity contribution in [3.8, 4) is 17.4 Å². The van der Waals surface area contributed by atoms with Gasteiger partial charge in [0.2, 0.25) is 11.8 Å². The number of benzene rings is 1. The first-order valence-corrected chi connectivity index (χ1v) is 7.28. The molecule has 1 heterocycles. The predicted molar refractivity (Wildman–Crippen MR) is 89.0 cm³/mol. The average Bonchev–Trinajstić information content (AvgIpc) is 2.58. The molecule has 0 saturated carbocycles. The number of nitrogens with zero attached hydrogens (tertiary/aromatic N) is 2. The van der Waals surface area contributed by atoms with Crippen molar-refractivity contribution in [3.05, 3.63) is 35.0 Å². The molecule has 24 heavy (non-hydrogen) atoms. The van der Waals surface area contributed by atoms with Gasteiger partial charge in [-0.05, 0) is 12.1 Å².